The number of anilines is 1. The number of thiocarbonyl (C=S) groups is 1. The summed E-state index contributed by atoms with van der Waals surface area (Å²) in [4.78, 5) is 25.7. The maximum Gasteiger partial charge on any atom is 0.276 e. The summed E-state index contributed by atoms with van der Waals surface area (Å²) in [5, 5.41) is 11.2. The number of carbonyl (C=O) groups is 1. The quantitative estimate of drug-likeness (QED) is 0.190. The Morgan fingerprint density at radius 1 is 1.06 bits per heavy atom. The van der Waals surface area contributed by atoms with Crippen molar-refractivity contribution in [2.75, 3.05) is 12.0 Å². The average molecular weight is 479 g/mol. The Morgan fingerprint density at radius 3 is 2.55 bits per heavy atom. The molecule has 0 spiro atoms. The standard InChI is InChI=1S/C24H18N2O5S2/c1-30-19-11-9-18(10-12-19)25-23(27)22(33-24(25)32)14-16-5-4-7-20(13-16)31-15-17-6-2-3-8-21(17)26(28)29/h2-14H,15H2,1H3. The van der Waals surface area contributed by atoms with Crippen molar-refractivity contribution < 1.29 is 19.2 Å². The maximum absolute atomic E-state index is 13.0. The fourth-order valence-corrected chi connectivity index (χ4v) is 4.54. The van der Waals surface area contributed by atoms with Gasteiger partial charge < -0.3 is 9.47 Å². The van der Waals surface area contributed by atoms with Gasteiger partial charge in [-0.25, -0.2) is 0 Å². The number of rotatable bonds is 7. The van der Waals surface area contributed by atoms with Gasteiger partial charge in [0.05, 0.1) is 28.2 Å². The Kier molecular flexibility index (Phi) is 6.71. The molecule has 0 unspecified atom stereocenters. The van der Waals surface area contributed by atoms with E-state index in [1.807, 2.05) is 6.07 Å². The van der Waals surface area contributed by atoms with E-state index >= 15 is 0 Å². The van der Waals surface area contributed by atoms with E-state index in [1.54, 1.807) is 73.8 Å². The molecule has 1 heterocycles. The van der Waals surface area contributed by atoms with Crippen LogP contribution in [0.25, 0.3) is 6.08 Å². The van der Waals surface area contributed by atoms with Crippen LogP contribution in [0.4, 0.5) is 11.4 Å². The molecule has 4 rings (SSSR count). The van der Waals surface area contributed by atoms with Crippen molar-refractivity contribution in [2.45, 2.75) is 6.61 Å². The Morgan fingerprint density at radius 2 is 1.82 bits per heavy atom. The highest BCUT2D eigenvalue weighted by Gasteiger charge is 2.33. The summed E-state index contributed by atoms with van der Waals surface area (Å²) in [5.74, 6) is 1.02. The number of nitrogens with zero attached hydrogens (tertiary/aromatic N) is 2. The largest absolute Gasteiger partial charge is 0.497 e. The minimum Gasteiger partial charge on any atom is -0.497 e. The molecule has 7 nitrogen and oxygen atoms in total. The molecule has 0 aromatic heterocycles. The second kappa shape index (κ2) is 9.85. The number of hydrogen-bond donors (Lipinski definition) is 0. The first-order chi connectivity index (χ1) is 16.0. The fraction of sp³-hybridized carbons (Fsp3) is 0.0833. The summed E-state index contributed by atoms with van der Waals surface area (Å²) in [6.45, 7) is 0.0557. The van der Waals surface area contributed by atoms with Crippen LogP contribution in [0, 0.1) is 10.1 Å². The molecule has 0 atom stereocenters. The van der Waals surface area contributed by atoms with Gasteiger partial charge in [-0.05, 0) is 54.1 Å². The van der Waals surface area contributed by atoms with E-state index in [0.29, 0.717) is 32.0 Å². The van der Waals surface area contributed by atoms with Gasteiger partial charge in [0.25, 0.3) is 11.6 Å². The van der Waals surface area contributed by atoms with Gasteiger partial charge in [-0.3, -0.25) is 19.8 Å². The van der Waals surface area contributed by atoms with Gasteiger partial charge in [0.2, 0.25) is 0 Å². The summed E-state index contributed by atoms with van der Waals surface area (Å²) in [7, 11) is 1.58. The van der Waals surface area contributed by atoms with Crippen molar-refractivity contribution in [3.05, 3.63) is 98.9 Å². The van der Waals surface area contributed by atoms with Crippen molar-refractivity contribution in [3.8, 4) is 11.5 Å². The van der Waals surface area contributed by atoms with Crippen LogP contribution in [0.1, 0.15) is 11.1 Å². The molecule has 1 fully saturated rings. The molecule has 0 radical (unpaired) electrons. The van der Waals surface area contributed by atoms with Crippen molar-refractivity contribution in [1.82, 2.24) is 0 Å². The van der Waals surface area contributed by atoms with Gasteiger partial charge in [0.1, 0.15) is 18.1 Å². The van der Waals surface area contributed by atoms with E-state index in [-0.39, 0.29) is 18.2 Å². The molecule has 33 heavy (non-hydrogen) atoms. The lowest BCUT2D eigenvalue weighted by Gasteiger charge is -2.14. The zero-order valence-electron chi connectivity index (χ0n) is 17.5. The minimum atomic E-state index is -0.431. The van der Waals surface area contributed by atoms with Crippen molar-refractivity contribution >= 4 is 51.7 Å². The molecule has 0 saturated carbocycles. The van der Waals surface area contributed by atoms with Crippen LogP contribution in [0.2, 0.25) is 0 Å². The number of amides is 1. The lowest BCUT2D eigenvalue weighted by Crippen LogP contribution is -2.27. The van der Waals surface area contributed by atoms with Gasteiger partial charge in [0.15, 0.2) is 4.32 Å². The predicted octanol–water partition coefficient (Wildman–Crippen LogP) is 5.59. The molecule has 0 bridgehead atoms. The lowest BCUT2D eigenvalue weighted by molar-refractivity contribution is -0.385. The van der Waals surface area contributed by atoms with E-state index in [9.17, 15) is 14.9 Å². The van der Waals surface area contributed by atoms with Crippen molar-refractivity contribution in [3.63, 3.8) is 0 Å². The lowest BCUT2D eigenvalue weighted by atomic mass is 10.2. The van der Waals surface area contributed by atoms with E-state index in [0.717, 1.165) is 5.56 Å². The van der Waals surface area contributed by atoms with E-state index in [1.165, 1.54) is 22.7 Å². The van der Waals surface area contributed by atoms with Gasteiger partial charge in [-0.15, -0.1) is 0 Å². The van der Waals surface area contributed by atoms with Crippen LogP contribution in [0.15, 0.2) is 77.7 Å². The molecule has 166 valence electrons. The van der Waals surface area contributed by atoms with Gasteiger partial charge in [-0.2, -0.15) is 0 Å². The number of nitro benzene ring substituents is 1. The Bertz CT molecular complexity index is 1260. The first-order valence-corrected chi connectivity index (χ1v) is 11.1. The Balaban J connectivity index is 1.50. The monoisotopic (exact) mass is 478 g/mol. The third kappa shape index (κ3) is 5.05. The third-order valence-corrected chi connectivity index (χ3v) is 6.16. The molecule has 1 saturated heterocycles. The van der Waals surface area contributed by atoms with Crippen molar-refractivity contribution in [2.24, 2.45) is 0 Å². The van der Waals surface area contributed by atoms with Crippen LogP contribution in [-0.4, -0.2) is 22.3 Å². The number of thioether (sulfide) groups is 1. The predicted molar refractivity (Wildman–Crippen MR) is 133 cm³/mol. The molecule has 1 aliphatic rings. The number of carbonyl (C=O) groups excluding carboxylic acids is 1. The number of para-hydroxylation sites is 1. The first-order valence-electron chi connectivity index (χ1n) is 9.83. The van der Waals surface area contributed by atoms with Gasteiger partial charge >= 0.3 is 0 Å². The minimum absolute atomic E-state index is 0.0101. The number of methoxy groups -OCH3 is 1. The van der Waals surface area contributed by atoms with E-state index in [2.05, 4.69) is 0 Å². The zero-order chi connectivity index (χ0) is 23.4. The Hall–Kier alpha value is -3.69. The zero-order valence-corrected chi connectivity index (χ0v) is 19.1. The molecule has 9 heteroatoms. The smallest absolute Gasteiger partial charge is 0.276 e. The second-order valence-corrected chi connectivity index (χ2v) is 8.64. The third-order valence-electron chi connectivity index (χ3n) is 4.86. The normalized spacial score (nSPS) is 14.6. The fourth-order valence-electron chi connectivity index (χ4n) is 3.24. The van der Waals surface area contributed by atoms with Crippen LogP contribution >= 0.6 is 24.0 Å². The summed E-state index contributed by atoms with van der Waals surface area (Å²) in [6, 6.07) is 20.7. The maximum atomic E-state index is 13.0. The first kappa shape index (κ1) is 22.5. The topological polar surface area (TPSA) is 81.9 Å². The van der Waals surface area contributed by atoms with E-state index < -0.39 is 4.92 Å². The molecular weight excluding hydrogens is 460 g/mol. The Labute approximate surface area is 199 Å². The number of nitro groups is 1. The highest BCUT2D eigenvalue weighted by atomic mass is 32.2. The summed E-state index contributed by atoms with van der Waals surface area (Å²) in [5.41, 5.74) is 1.91. The average Bonchev–Trinajstić information content (AvgIpc) is 3.10. The summed E-state index contributed by atoms with van der Waals surface area (Å²) in [6.07, 6.45) is 1.75. The second-order valence-electron chi connectivity index (χ2n) is 6.96. The highest BCUT2D eigenvalue weighted by molar-refractivity contribution is 8.27. The highest BCUT2D eigenvalue weighted by Crippen LogP contribution is 2.36. The van der Waals surface area contributed by atoms with Crippen LogP contribution in [0.5, 0.6) is 11.5 Å². The summed E-state index contributed by atoms with van der Waals surface area (Å²) < 4.78 is 11.4. The van der Waals surface area contributed by atoms with E-state index in [4.69, 9.17) is 21.7 Å². The molecule has 0 aliphatic carbocycles. The van der Waals surface area contributed by atoms with Crippen molar-refractivity contribution in [1.29, 1.82) is 0 Å². The number of benzene rings is 3. The SMILES string of the molecule is COc1ccc(N2C(=O)C(=Cc3cccc(OCc4ccccc4[N+](=O)[O-])c3)SC2=S)cc1. The molecule has 1 amide bonds. The van der Waals surface area contributed by atoms with Gasteiger partial charge in [0, 0.05) is 6.07 Å². The van der Waals surface area contributed by atoms with Crippen LogP contribution < -0.4 is 14.4 Å². The van der Waals surface area contributed by atoms with Crippen LogP contribution in [-0.2, 0) is 11.4 Å². The van der Waals surface area contributed by atoms with Crippen LogP contribution in [0.3, 0.4) is 0 Å². The molecular formula is C24H18N2O5S2. The van der Waals surface area contributed by atoms with Gasteiger partial charge in [-0.1, -0.05) is 48.2 Å². The molecule has 0 N–H and O–H groups in total. The molecule has 3 aromatic rings. The summed E-state index contributed by atoms with van der Waals surface area (Å²) >= 11 is 6.65. The number of hydrogen-bond acceptors (Lipinski definition) is 7. The number of ether oxygens (including phenoxy) is 2. The molecule has 1 aliphatic heterocycles. The molecule has 3 aromatic carbocycles.